The molecule has 2 aromatic carbocycles. The summed E-state index contributed by atoms with van der Waals surface area (Å²) in [5, 5.41) is 10.6. The molecule has 0 fully saturated rings. The summed E-state index contributed by atoms with van der Waals surface area (Å²) in [6.45, 7) is 0. The van der Waals surface area contributed by atoms with Crippen LogP contribution < -0.4 is 4.74 Å². The van der Waals surface area contributed by atoms with Crippen molar-refractivity contribution in [2.24, 2.45) is 0 Å². The minimum Gasteiger partial charge on any atom is -0.496 e. The highest BCUT2D eigenvalue weighted by atomic mass is 79.9. The molecule has 132 valence electrons. The summed E-state index contributed by atoms with van der Waals surface area (Å²) >= 11 is 3.20. The Morgan fingerprint density at radius 2 is 1.84 bits per heavy atom. The van der Waals surface area contributed by atoms with Gasteiger partial charge in [-0.15, -0.1) is 0 Å². The van der Waals surface area contributed by atoms with Gasteiger partial charge in [0.05, 0.1) is 18.5 Å². The van der Waals surface area contributed by atoms with Gasteiger partial charge in [0.25, 0.3) is 5.69 Å². The molecule has 0 atom stereocenters. The molecular formula is C17H13BrF3NO3. The molecule has 0 aliphatic rings. The van der Waals surface area contributed by atoms with Gasteiger partial charge in [0.2, 0.25) is 0 Å². The maximum atomic E-state index is 12.7. The third-order valence-electron chi connectivity index (χ3n) is 3.31. The summed E-state index contributed by atoms with van der Waals surface area (Å²) in [5.41, 5.74) is 1.12. The Balaban J connectivity index is 2.36. The molecule has 8 heteroatoms. The molecule has 0 aliphatic heterocycles. The highest BCUT2D eigenvalue weighted by Crippen LogP contribution is 2.34. The van der Waals surface area contributed by atoms with E-state index < -0.39 is 17.5 Å². The van der Waals surface area contributed by atoms with Crippen LogP contribution in [0.4, 0.5) is 18.9 Å². The number of nitrogens with zero attached hydrogens (tertiary/aromatic N) is 1. The van der Waals surface area contributed by atoms with Gasteiger partial charge in [-0.1, -0.05) is 28.1 Å². The summed E-state index contributed by atoms with van der Waals surface area (Å²) in [5.74, 6) is 0.138. The number of hydrogen-bond donors (Lipinski definition) is 0. The largest absolute Gasteiger partial charge is 0.496 e. The minimum atomic E-state index is -4.35. The van der Waals surface area contributed by atoms with Crippen LogP contribution in [-0.2, 0) is 6.42 Å². The highest BCUT2D eigenvalue weighted by Gasteiger charge is 2.30. The Morgan fingerprint density at radius 1 is 1.20 bits per heavy atom. The Labute approximate surface area is 150 Å². The lowest BCUT2D eigenvalue weighted by Crippen LogP contribution is -2.12. The normalized spacial score (nSPS) is 11.7. The maximum absolute atomic E-state index is 12.7. The Morgan fingerprint density at radius 3 is 2.36 bits per heavy atom. The van der Waals surface area contributed by atoms with Gasteiger partial charge in [-0.2, -0.15) is 13.2 Å². The number of nitro groups is 1. The van der Waals surface area contributed by atoms with Crippen LogP contribution in [0.25, 0.3) is 12.2 Å². The van der Waals surface area contributed by atoms with Crippen LogP contribution in [0.1, 0.15) is 16.7 Å². The van der Waals surface area contributed by atoms with Gasteiger partial charge < -0.3 is 4.74 Å². The van der Waals surface area contributed by atoms with E-state index in [1.165, 1.54) is 25.3 Å². The standard InChI is InChI=1S/C17H13BrF3NO3/c1-25-16-12(8-14(18)9-13(16)10-17(19,20)21)5-2-11-3-6-15(7-4-11)22(23)24/h2-9H,10H2,1H3/b5-2+. The number of rotatable bonds is 5. The summed E-state index contributed by atoms with van der Waals surface area (Å²) in [4.78, 5) is 10.1. The Bertz CT molecular complexity index is 802. The van der Waals surface area contributed by atoms with Crippen molar-refractivity contribution in [1.82, 2.24) is 0 Å². The second-order valence-corrected chi connectivity index (χ2v) is 6.08. The second-order valence-electron chi connectivity index (χ2n) is 5.16. The van der Waals surface area contributed by atoms with E-state index in [2.05, 4.69) is 15.9 Å². The number of non-ortho nitro benzene ring substituents is 1. The predicted octanol–water partition coefficient (Wildman–Crippen LogP) is 5.64. The fourth-order valence-electron chi connectivity index (χ4n) is 2.29. The number of nitro benzene ring substituents is 1. The van der Waals surface area contributed by atoms with Gasteiger partial charge in [-0.05, 0) is 29.8 Å². The molecule has 2 rings (SSSR count). The Hall–Kier alpha value is -2.35. The van der Waals surface area contributed by atoms with Crippen LogP contribution in [0.5, 0.6) is 5.75 Å². The van der Waals surface area contributed by atoms with Crippen LogP contribution in [-0.4, -0.2) is 18.2 Å². The summed E-state index contributed by atoms with van der Waals surface area (Å²) in [7, 11) is 1.31. The average molecular weight is 416 g/mol. The van der Waals surface area contributed by atoms with Crippen molar-refractivity contribution in [2.45, 2.75) is 12.6 Å². The number of alkyl halides is 3. The van der Waals surface area contributed by atoms with E-state index >= 15 is 0 Å². The smallest absolute Gasteiger partial charge is 0.393 e. The van der Waals surface area contributed by atoms with E-state index in [1.54, 1.807) is 30.4 Å². The van der Waals surface area contributed by atoms with Gasteiger partial charge in [-0.3, -0.25) is 10.1 Å². The Kier molecular flexibility index (Phi) is 5.84. The molecule has 0 N–H and O–H groups in total. The summed E-state index contributed by atoms with van der Waals surface area (Å²) in [6, 6.07) is 8.82. The second kappa shape index (κ2) is 7.69. The van der Waals surface area contributed by atoms with Crippen LogP contribution in [0, 0.1) is 10.1 Å². The summed E-state index contributed by atoms with van der Waals surface area (Å²) in [6.07, 6.45) is -2.21. The van der Waals surface area contributed by atoms with E-state index in [0.29, 0.717) is 15.6 Å². The van der Waals surface area contributed by atoms with Crippen molar-refractivity contribution >= 4 is 33.8 Å². The lowest BCUT2D eigenvalue weighted by Gasteiger charge is -2.14. The van der Waals surface area contributed by atoms with E-state index in [-0.39, 0.29) is 17.0 Å². The minimum absolute atomic E-state index is 0.0210. The monoisotopic (exact) mass is 415 g/mol. The predicted molar refractivity (Wildman–Crippen MR) is 92.5 cm³/mol. The lowest BCUT2D eigenvalue weighted by atomic mass is 10.0. The van der Waals surface area contributed by atoms with Gasteiger partial charge in [0.1, 0.15) is 5.75 Å². The van der Waals surface area contributed by atoms with Crippen molar-refractivity contribution in [3.63, 3.8) is 0 Å². The zero-order valence-corrected chi connectivity index (χ0v) is 14.6. The van der Waals surface area contributed by atoms with E-state index in [1.807, 2.05) is 0 Å². The quantitative estimate of drug-likeness (QED) is 0.360. The molecule has 0 unspecified atom stereocenters. The third-order valence-corrected chi connectivity index (χ3v) is 3.77. The van der Waals surface area contributed by atoms with Gasteiger partial charge in [0, 0.05) is 27.7 Å². The number of benzene rings is 2. The molecule has 25 heavy (non-hydrogen) atoms. The van der Waals surface area contributed by atoms with Gasteiger partial charge in [0.15, 0.2) is 0 Å². The first kappa shape index (κ1) is 19.0. The van der Waals surface area contributed by atoms with Crippen LogP contribution in [0.3, 0.4) is 0 Å². The molecule has 0 aliphatic carbocycles. The molecule has 0 amide bonds. The first-order valence-corrected chi connectivity index (χ1v) is 7.84. The molecule has 0 spiro atoms. The van der Waals surface area contributed by atoms with Gasteiger partial charge >= 0.3 is 6.18 Å². The fraction of sp³-hybridized carbons (Fsp3) is 0.176. The average Bonchev–Trinajstić information content (AvgIpc) is 2.51. The van der Waals surface area contributed by atoms with E-state index in [9.17, 15) is 23.3 Å². The molecule has 0 saturated carbocycles. The zero-order valence-electron chi connectivity index (χ0n) is 13.0. The molecule has 2 aromatic rings. The first-order chi connectivity index (χ1) is 11.7. The molecule has 0 aromatic heterocycles. The summed E-state index contributed by atoms with van der Waals surface area (Å²) < 4.78 is 43.8. The van der Waals surface area contributed by atoms with Crippen molar-refractivity contribution < 1.29 is 22.8 Å². The molecular weight excluding hydrogens is 403 g/mol. The molecule has 0 radical (unpaired) electrons. The number of ether oxygens (including phenoxy) is 1. The van der Waals surface area contributed by atoms with E-state index in [0.717, 1.165) is 0 Å². The number of methoxy groups -OCH3 is 1. The SMILES string of the molecule is COc1c(/C=C/c2ccc([N+](=O)[O-])cc2)cc(Br)cc1CC(F)(F)F. The number of hydrogen-bond acceptors (Lipinski definition) is 3. The molecule has 0 heterocycles. The zero-order chi connectivity index (χ0) is 18.6. The van der Waals surface area contributed by atoms with Crippen molar-refractivity contribution in [3.8, 4) is 5.75 Å². The third kappa shape index (κ3) is 5.32. The molecule has 0 bridgehead atoms. The van der Waals surface area contributed by atoms with Crippen molar-refractivity contribution in [3.05, 3.63) is 67.7 Å². The highest BCUT2D eigenvalue weighted by molar-refractivity contribution is 9.10. The van der Waals surface area contributed by atoms with Crippen LogP contribution in [0.2, 0.25) is 0 Å². The van der Waals surface area contributed by atoms with Crippen molar-refractivity contribution in [1.29, 1.82) is 0 Å². The van der Waals surface area contributed by atoms with Gasteiger partial charge in [-0.25, -0.2) is 0 Å². The fourth-order valence-corrected chi connectivity index (χ4v) is 2.81. The van der Waals surface area contributed by atoms with Crippen molar-refractivity contribution in [2.75, 3.05) is 7.11 Å². The van der Waals surface area contributed by atoms with Crippen LogP contribution in [0.15, 0.2) is 40.9 Å². The molecule has 0 saturated heterocycles. The molecule has 4 nitrogen and oxygen atoms in total. The maximum Gasteiger partial charge on any atom is 0.393 e. The number of halogens is 4. The topological polar surface area (TPSA) is 52.4 Å². The lowest BCUT2D eigenvalue weighted by molar-refractivity contribution is -0.384. The van der Waals surface area contributed by atoms with E-state index in [4.69, 9.17) is 4.74 Å². The van der Waals surface area contributed by atoms with Crippen LogP contribution >= 0.6 is 15.9 Å². The first-order valence-electron chi connectivity index (χ1n) is 7.05.